The van der Waals surface area contributed by atoms with E-state index in [1.54, 1.807) is 0 Å². The lowest BCUT2D eigenvalue weighted by Gasteiger charge is -2.23. The lowest BCUT2D eigenvalue weighted by Crippen LogP contribution is -2.34. The summed E-state index contributed by atoms with van der Waals surface area (Å²) < 4.78 is 52.3. The first kappa shape index (κ1) is 20.1. The minimum absolute atomic E-state index is 0.144. The van der Waals surface area contributed by atoms with Gasteiger partial charge in [0, 0.05) is 18.7 Å². The van der Waals surface area contributed by atoms with Crippen LogP contribution in [0.1, 0.15) is 28.8 Å². The van der Waals surface area contributed by atoms with Gasteiger partial charge in [0.05, 0.1) is 16.9 Å². The number of halogens is 4. The quantitative estimate of drug-likeness (QED) is 0.574. The lowest BCUT2D eigenvalue weighted by atomic mass is 10.1. The maximum absolute atomic E-state index is 13.1. The van der Waals surface area contributed by atoms with Gasteiger partial charge in [0.15, 0.2) is 5.11 Å². The maximum atomic E-state index is 13.1. The van der Waals surface area contributed by atoms with Crippen molar-refractivity contribution in [2.75, 3.05) is 23.3 Å². The molecule has 0 aliphatic carbocycles. The monoisotopic (exact) mass is 411 g/mol. The van der Waals surface area contributed by atoms with Gasteiger partial charge in [-0.15, -0.1) is 0 Å². The minimum atomic E-state index is -4.50. The Morgan fingerprint density at radius 2 is 1.68 bits per heavy atom. The van der Waals surface area contributed by atoms with E-state index in [0.717, 1.165) is 50.2 Å². The molecule has 1 aliphatic heterocycles. The van der Waals surface area contributed by atoms with Crippen molar-refractivity contribution in [3.05, 3.63) is 59.4 Å². The molecule has 9 heteroatoms. The Balaban J connectivity index is 1.79. The van der Waals surface area contributed by atoms with E-state index in [4.69, 9.17) is 12.2 Å². The number of carbonyl (C=O) groups excluding carboxylic acids is 1. The van der Waals surface area contributed by atoms with Crippen LogP contribution in [0.25, 0.3) is 0 Å². The molecule has 1 aliphatic rings. The molecule has 0 aromatic heterocycles. The molecule has 0 saturated carbocycles. The van der Waals surface area contributed by atoms with E-state index in [1.165, 1.54) is 18.2 Å². The van der Waals surface area contributed by atoms with Gasteiger partial charge in [0.2, 0.25) is 0 Å². The molecule has 1 heterocycles. The van der Waals surface area contributed by atoms with Gasteiger partial charge in [-0.25, -0.2) is 4.39 Å². The SMILES string of the molecule is O=C(NC(=S)Nc1cc(C(F)(F)F)ccc1N1CCCC1)c1ccc(F)cc1. The summed E-state index contributed by atoms with van der Waals surface area (Å²) >= 11 is 5.09. The second-order valence-electron chi connectivity index (χ2n) is 6.34. The number of hydrogen-bond donors (Lipinski definition) is 2. The van der Waals surface area contributed by atoms with Crippen molar-refractivity contribution in [3.8, 4) is 0 Å². The number of anilines is 2. The zero-order valence-corrected chi connectivity index (χ0v) is 15.5. The summed E-state index contributed by atoms with van der Waals surface area (Å²) in [5.41, 5.74) is 0.116. The van der Waals surface area contributed by atoms with E-state index < -0.39 is 23.5 Å². The highest BCUT2D eigenvalue weighted by Crippen LogP contribution is 2.36. The number of amides is 1. The predicted molar refractivity (Wildman–Crippen MR) is 103 cm³/mol. The highest BCUT2D eigenvalue weighted by molar-refractivity contribution is 7.80. The van der Waals surface area contributed by atoms with Crippen molar-refractivity contribution in [1.29, 1.82) is 0 Å². The number of alkyl halides is 3. The van der Waals surface area contributed by atoms with Crippen LogP contribution in [-0.2, 0) is 6.18 Å². The Labute approximate surface area is 164 Å². The van der Waals surface area contributed by atoms with Crippen molar-refractivity contribution in [3.63, 3.8) is 0 Å². The van der Waals surface area contributed by atoms with E-state index in [2.05, 4.69) is 10.6 Å². The van der Waals surface area contributed by atoms with E-state index >= 15 is 0 Å². The van der Waals surface area contributed by atoms with Crippen molar-refractivity contribution in [2.24, 2.45) is 0 Å². The number of nitrogens with zero attached hydrogens (tertiary/aromatic N) is 1. The Morgan fingerprint density at radius 3 is 2.29 bits per heavy atom. The molecular formula is C19H17F4N3OS. The number of hydrogen-bond acceptors (Lipinski definition) is 3. The Bertz CT molecular complexity index is 878. The fraction of sp³-hybridized carbons (Fsp3) is 0.263. The average Bonchev–Trinajstić information content (AvgIpc) is 3.15. The molecule has 1 saturated heterocycles. The van der Waals surface area contributed by atoms with Crippen LogP contribution in [0.4, 0.5) is 28.9 Å². The van der Waals surface area contributed by atoms with Crippen LogP contribution in [0.2, 0.25) is 0 Å². The van der Waals surface area contributed by atoms with Crippen LogP contribution in [-0.4, -0.2) is 24.1 Å². The van der Waals surface area contributed by atoms with Crippen molar-refractivity contribution in [2.45, 2.75) is 19.0 Å². The Morgan fingerprint density at radius 1 is 1.04 bits per heavy atom. The van der Waals surface area contributed by atoms with Crippen LogP contribution in [0.15, 0.2) is 42.5 Å². The van der Waals surface area contributed by atoms with Crippen molar-refractivity contribution in [1.82, 2.24) is 5.32 Å². The molecule has 0 atom stereocenters. The molecule has 28 heavy (non-hydrogen) atoms. The molecule has 2 N–H and O–H groups in total. The van der Waals surface area contributed by atoms with Gasteiger partial charge in [-0.1, -0.05) is 0 Å². The molecule has 0 bridgehead atoms. The first-order valence-electron chi connectivity index (χ1n) is 8.58. The fourth-order valence-corrected chi connectivity index (χ4v) is 3.18. The third-order valence-electron chi connectivity index (χ3n) is 4.35. The summed E-state index contributed by atoms with van der Waals surface area (Å²) in [4.78, 5) is 14.1. The smallest absolute Gasteiger partial charge is 0.370 e. The molecule has 3 rings (SSSR count). The second kappa shape index (κ2) is 8.14. The summed E-state index contributed by atoms with van der Waals surface area (Å²) in [5, 5.41) is 4.95. The van der Waals surface area contributed by atoms with Crippen LogP contribution in [0, 0.1) is 5.82 Å². The van der Waals surface area contributed by atoms with E-state index in [-0.39, 0.29) is 16.4 Å². The van der Waals surface area contributed by atoms with Crippen molar-refractivity contribution >= 4 is 34.6 Å². The van der Waals surface area contributed by atoms with Gasteiger partial charge in [-0.3, -0.25) is 10.1 Å². The molecule has 2 aromatic rings. The largest absolute Gasteiger partial charge is 0.416 e. The normalized spacial score (nSPS) is 14.1. The van der Waals surface area contributed by atoms with Crippen LogP contribution in [0.5, 0.6) is 0 Å². The van der Waals surface area contributed by atoms with Gasteiger partial charge >= 0.3 is 6.18 Å². The number of thiocarbonyl (C=S) groups is 1. The number of rotatable bonds is 3. The zero-order valence-electron chi connectivity index (χ0n) is 14.6. The number of carbonyl (C=O) groups is 1. The summed E-state index contributed by atoms with van der Waals surface area (Å²) in [6.45, 7) is 1.46. The Hall–Kier alpha value is -2.68. The second-order valence-corrected chi connectivity index (χ2v) is 6.75. The van der Waals surface area contributed by atoms with Gasteiger partial charge in [-0.05, 0) is 67.5 Å². The van der Waals surface area contributed by atoms with Crippen LogP contribution in [0.3, 0.4) is 0 Å². The van der Waals surface area contributed by atoms with Crippen LogP contribution >= 0.6 is 12.2 Å². The zero-order chi connectivity index (χ0) is 20.3. The molecule has 4 nitrogen and oxygen atoms in total. The molecular weight excluding hydrogens is 394 g/mol. The van der Waals surface area contributed by atoms with Crippen molar-refractivity contribution < 1.29 is 22.4 Å². The number of nitrogens with one attached hydrogen (secondary N) is 2. The predicted octanol–water partition coefficient (Wildman–Crippen LogP) is 4.57. The fourth-order valence-electron chi connectivity index (χ4n) is 2.98. The molecule has 0 radical (unpaired) electrons. The average molecular weight is 411 g/mol. The standard InChI is InChI=1S/C19H17F4N3OS/c20-14-6-3-12(4-7-14)17(27)25-18(28)24-15-11-13(19(21,22)23)5-8-16(15)26-9-1-2-10-26/h3-8,11H,1-2,9-10H2,(H2,24,25,27,28). The number of benzene rings is 2. The van der Waals surface area contributed by atoms with Gasteiger partial charge in [-0.2, -0.15) is 13.2 Å². The van der Waals surface area contributed by atoms with E-state index in [9.17, 15) is 22.4 Å². The molecule has 1 fully saturated rings. The highest BCUT2D eigenvalue weighted by Gasteiger charge is 2.32. The Kier molecular flexibility index (Phi) is 5.83. The highest BCUT2D eigenvalue weighted by atomic mass is 32.1. The van der Waals surface area contributed by atoms with Gasteiger partial charge < -0.3 is 10.2 Å². The molecule has 1 amide bonds. The third kappa shape index (κ3) is 4.78. The molecule has 2 aromatic carbocycles. The first-order chi connectivity index (χ1) is 13.2. The summed E-state index contributed by atoms with van der Waals surface area (Å²) in [6.07, 6.45) is -2.60. The van der Waals surface area contributed by atoms with Crippen LogP contribution < -0.4 is 15.5 Å². The topological polar surface area (TPSA) is 44.4 Å². The molecule has 0 unspecified atom stereocenters. The lowest BCUT2D eigenvalue weighted by molar-refractivity contribution is -0.137. The maximum Gasteiger partial charge on any atom is 0.416 e. The van der Waals surface area contributed by atoms with Gasteiger partial charge in [0.1, 0.15) is 5.82 Å². The summed E-state index contributed by atoms with van der Waals surface area (Å²) in [6, 6.07) is 8.23. The van der Waals surface area contributed by atoms with Gasteiger partial charge in [0.25, 0.3) is 5.91 Å². The first-order valence-corrected chi connectivity index (χ1v) is 8.99. The van der Waals surface area contributed by atoms with E-state index in [0.29, 0.717) is 5.69 Å². The summed E-state index contributed by atoms with van der Waals surface area (Å²) in [7, 11) is 0. The third-order valence-corrected chi connectivity index (χ3v) is 4.56. The summed E-state index contributed by atoms with van der Waals surface area (Å²) in [5.74, 6) is -1.08. The molecule has 0 spiro atoms. The minimum Gasteiger partial charge on any atom is -0.370 e. The molecule has 148 valence electrons. The van der Waals surface area contributed by atoms with E-state index in [1.807, 2.05) is 4.90 Å².